The molecule has 128 valence electrons. The molecule has 0 aromatic heterocycles. The first-order chi connectivity index (χ1) is 11.3. The fourth-order valence-electron chi connectivity index (χ4n) is 3.35. The van der Waals surface area contributed by atoms with Gasteiger partial charge in [0.15, 0.2) is 0 Å². The van der Waals surface area contributed by atoms with Crippen LogP contribution in [-0.2, 0) is 22.4 Å². The van der Waals surface area contributed by atoms with Gasteiger partial charge in [0.2, 0.25) is 0 Å². The van der Waals surface area contributed by atoms with Gasteiger partial charge in [-0.1, -0.05) is 56.9 Å². The van der Waals surface area contributed by atoms with E-state index in [9.17, 15) is 4.79 Å². The van der Waals surface area contributed by atoms with E-state index in [1.54, 1.807) is 0 Å². The Hall–Kier alpha value is -1.31. The molecule has 0 bridgehead atoms. The van der Waals surface area contributed by atoms with Crippen molar-refractivity contribution in [1.29, 1.82) is 0 Å². The van der Waals surface area contributed by atoms with E-state index in [0.29, 0.717) is 6.61 Å². The summed E-state index contributed by atoms with van der Waals surface area (Å²) in [5, 5.41) is 0. The van der Waals surface area contributed by atoms with Crippen LogP contribution in [0.1, 0.15) is 75.8 Å². The van der Waals surface area contributed by atoms with Crippen molar-refractivity contribution in [3.05, 3.63) is 35.4 Å². The van der Waals surface area contributed by atoms with Gasteiger partial charge in [0, 0.05) is 0 Å². The van der Waals surface area contributed by atoms with Crippen molar-refractivity contribution in [1.82, 2.24) is 0 Å². The van der Waals surface area contributed by atoms with Crippen LogP contribution in [0, 0.1) is 5.92 Å². The van der Waals surface area contributed by atoms with Crippen molar-refractivity contribution in [3.8, 4) is 0 Å². The van der Waals surface area contributed by atoms with Crippen molar-refractivity contribution >= 4 is 5.97 Å². The summed E-state index contributed by atoms with van der Waals surface area (Å²) in [6.07, 6.45) is 12.9. The molecule has 1 aliphatic heterocycles. The van der Waals surface area contributed by atoms with Crippen molar-refractivity contribution in [2.45, 2.75) is 77.6 Å². The van der Waals surface area contributed by atoms with Crippen LogP contribution in [0.4, 0.5) is 0 Å². The lowest BCUT2D eigenvalue weighted by atomic mass is 9.94. The monoisotopic (exact) mass is 316 g/mol. The van der Waals surface area contributed by atoms with Gasteiger partial charge >= 0.3 is 5.97 Å². The van der Waals surface area contributed by atoms with Crippen LogP contribution in [0.3, 0.4) is 0 Å². The van der Waals surface area contributed by atoms with Crippen molar-refractivity contribution < 1.29 is 9.53 Å². The third-order valence-corrected chi connectivity index (χ3v) is 4.88. The highest BCUT2D eigenvalue weighted by Gasteiger charge is 2.22. The smallest absolute Gasteiger partial charge is 0.308 e. The Bertz CT molecular complexity index is 449. The first kappa shape index (κ1) is 18.0. The highest BCUT2D eigenvalue weighted by Crippen LogP contribution is 2.21. The molecule has 0 spiro atoms. The zero-order valence-corrected chi connectivity index (χ0v) is 14.7. The predicted octanol–water partition coefficient (Wildman–Crippen LogP) is 5.48. The number of hydrogen-bond donors (Lipinski definition) is 0. The number of esters is 1. The number of rotatable bonds is 10. The topological polar surface area (TPSA) is 26.3 Å². The summed E-state index contributed by atoms with van der Waals surface area (Å²) in [6, 6.07) is 9.17. The molecule has 1 heterocycles. The molecule has 1 fully saturated rings. The zero-order chi connectivity index (χ0) is 16.3. The van der Waals surface area contributed by atoms with E-state index in [1.807, 2.05) is 0 Å². The van der Waals surface area contributed by atoms with Crippen LogP contribution in [0.5, 0.6) is 0 Å². The minimum atomic E-state index is 0.0370. The number of ether oxygens (including phenoxy) is 1. The van der Waals surface area contributed by atoms with Gasteiger partial charge in [-0.05, 0) is 56.1 Å². The van der Waals surface area contributed by atoms with Crippen LogP contribution in [-0.4, -0.2) is 12.6 Å². The Labute approximate surface area is 141 Å². The fraction of sp³-hybridized carbons (Fsp3) is 0.667. The van der Waals surface area contributed by atoms with E-state index in [-0.39, 0.29) is 11.9 Å². The Morgan fingerprint density at radius 2 is 1.61 bits per heavy atom. The summed E-state index contributed by atoms with van der Waals surface area (Å²) in [7, 11) is 0. The van der Waals surface area contributed by atoms with Gasteiger partial charge < -0.3 is 4.74 Å². The summed E-state index contributed by atoms with van der Waals surface area (Å²) in [5.74, 6) is 0.209. The van der Waals surface area contributed by atoms with E-state index in [1.165, 1.54) is 49.7 Å². The summed E-state index contributed by atoms with van der Waals surface area (Å²) < 4.78 is 5.12. The molecule has 0 saturated carbocycles. The van der Waals surface area contributed by atoms with E-state index in [0.717, 1.165) is 32.1 Å². The number of carbonyl (C=O) groups is 1. The maximum atomic E-state index is 11.6. The highest BCUT2D eigenvalue weighted by molar-refractivity contribution is 5.72. The lowest BCUT2D eigenvalue weighted by molar-refractivity contribution is -0.153. The van der Waals surface area contributed by atoms with E-state index >= 15 is 0 Å². The number of hydrogen-bond acceptors (Lipinski definition) is 2. The lowest BCUT2D eigenvalue weighted by Gasteiger charge is -2.20. The van der Waals surface area contributed by atoms with Crippen LogP contribution >= 0.6 is 0 Å². The van der Waals surface area contributed by atoms with Gasteiger partial charge in [0.25, 0.3) is 0 Å². The number of aryl methyl sites for hydroxylation is 2. The summed E-state index contributed by atoms with van der Waals surface area (Å²) in [6.45, 7) is 2.88. The second kappa shape index (κ2) is 10.5. The molecular formula is C21H32O2. The number of unbranched alkanes of at least 4 members (excludes halogenated alkanes) is 4. The van der Waals surface area contributed by atoms with E-state index in [4.69, 9.17) is 4.74 Å². The van der Waals surface area contributed by atoms with Crippen LogP contribution in [0.25, 0.3) is 0 Å². The molecule has 0 radical (unpaired) electrons. The largest absolute Gasteiger partial charge is 0.465 e. The molecule has 1 unspecified atom stereocenters. The van der Waals surface area contributed by atoms with E-state index < -0.39 is 0 Å². The van der Waals surface area contributed by atoms with Crippen molar-refractivity contribution in [2.24, 2.45) is 5.92 Å². The second-order valence-electron chi connectivity index (χ2n) is 6.88. The third-order valence-electron chi connectivity index (χ3n) is 4.88. The van der Waals surface area contributed by atoms with Gasteiger partial charge in [0.05, 0.1) is 12.5 Å². The zero-order valence-electron chi connectivity index (χ0n) is 14.7. The molecule has 0 N–H and O–H groups in total. The highest BCUT2D eigenvalue weighted by atomic mass is 16.5. The molecule has 1 atom stereocenters. The summed E-state index contributed by atoms with van der Waals surface area (Å²) in [5.41, 5.74) is 2.92. The first-order valence-corrected chi connectivity index (χ1v) is 9.54. The molecule has 23 heavy (non-hydrogen) atoms. The summed E-state index contributed by atoms with van der Waals surface area (Å²) >= 11 is 0. The van der Waals surface area contributed by atoms with Gasteiger partial charge in [-0.25, -0.2) is 0 Å². The Balaban J connectivity index is 1.57. The lowest BCUT2D eigenvalue weighted by Crippen LogP contribution is -2.23. The van der Waals surface area contributed by atoms with Crippen LogP contribution in [0.2, 0.25) is 0 Å². The van der Waals surface area contributed by atoms with Gasteiger partial charge in [0.1, 0.15) is 0 Å². The van der Waals surface area contributed by atoms with Gasteiger partial charge in [-0.15, -0.1) is 0 Å². The SMILES string of the molecule is CCCCCc1ccc(CCCCCC2CCCOC2=O)cc1. The minimum absolute atomic E-state index is 0.0370. The maximum absolute atomic E-state index is 11.6. The number of cyclic esters (lactones) is 1. The van der Waals surface area contributed by atoms with E-state index in [2.05, 4.69) is 31.2 Å². The molecule has 1 aromatic rings. The average Bonchev–Trinajstić information content (AvgIpc) is 2.58. The Morgan fingerprint density at radius 1 is 0.957 bits per heavy atom. The minimum Gasteiger partial charge on any atom is -0.465 e. The molecule has 1 aromatic carbocycles. The Kier molecular flexibility index (Phi) is 8.20. The molecule has 2 heteroatoms. The molecule has 0 amide bonds. The molecule has 2 rings (SSSR count). The molecule has 1 aliphatic rings. The second-order valence-corrected chi connectivity index (χ2v) is 6.88. The van der Waals surface area contributed by atoms with Gasteiger partial charge in [-0.2, -0.15) is 0 Å². The molecular weight excluding hydrogens is 284 g/mol. The summed E-state index contributed by atoms with van der Waals surface area (Å²) in [4.78, 5) is 11.6. The number of carbonyl (C=O) groups excluding carboxylic acids is 1. The normalized spacial score (nSPS) is 18.0. The Morgan fingerprint density at radius 3 is 2.22 bits per heavy atom. The quantitative estimate of drug-likeness (QED) is 0.422. The average molecular weight is 316 g/mol. The maximum Gasteiger partial charge on any atom is 0.308 e. The first-order valence-electron chi connectivity index (χ1n) is 9.54. The molecule has 0 aliphatic carbocycles. The standard InChI is InChI=1S/C21H32O2/c1-2-3-5-9-18-13-15-19(16-14-18)10-6-4-7-11-20-12-8-17-23-21(20)22/h13-16,20H,2-12,17H2,1H3. The number of benzene rings is 1. The third kappa shape index (κ3) is 6.76. The predicted molar refractivity (Wildman–Crippen MR) is 95.5 cm³/mol. The van der Waals surface area contributed by atoms with Crippen LogP contribution in [0.15, 0.2) is 24.3 Å². The molecule has 2 nitrogen and oxygen atoms in total. The van der Waals surface area contributed by atoms with Gasteiger partial charge in [-0.3, -0.25) is 4.79 Å². The van der Waals surface area contributed by atoms with Crippen molar-refractivity contribution in [2.75, 3.05) is 6.61 Å². The van der Waals surface area contributed by atoms with Crippen LogP contribution < -0.4 is 0 Å². The molecule has 1 saturated heterocycles. The fourth-order valence-corrected chi connectivity index (χ4v) is 3.35. The van der Waals surface area contributed by atoms with Crippen molar-refractivity contribution in [3.63, 3.8) is 0 Å².